The number of hydrogen-bond acceptors (Lipinski definition) is 3. The third-order valence-electron chi connectivity index (χ3n) is 4.44. The first-order chi connectivity index (χ1) is 12.7. The fourth-order valence-corrected chi connectivity index (χ4v) is 3.21. The van der Waals surface area contributed by atoms with Crippen molar-refractivity contribution in [3.63, 3.8) is 0 Å². The molecule has 0 amide bonds. The highest BCUT2D eigenvalue weighted by molar-refractivity contribution is 7.80. The van der Waals surface area contributed by atoms with Gasteiger partial charge in [-0.25, -0.2) is 0 Å². The fraction of sp³-hybridized carbons (Fsp3) is 0.381. The minimum atomic E-state index is 0.0645. The second-order valence-corrected chi connectivity index (χ2v) is 6.93. The van der Waals surface area contributed by atoms with E-state index in [4.69, 9.17) is 21.7 Å². The molecule has 3 rings (SSSR count). The Hall–Kier alpha value is -2.27. The molecule has 0 bridgehead atoms. The number of nitrogens with one attached hydrogen (secondary N) is 2. The summed E-state index contributed by atoms with van der Waals surface area (Å²) in [5.41, 5.74) is 3.46. The van der Waals surface area contributed by atoms with Gasteiger partial charge in [0, 0.05) is 5.69 Å². The average molecular weight is 371 g/mol. The van der Waals surface area contributed by atoms with Crippen LogP contribution in [-0.2, 0) is 6.42 Å². The van der Waals surface area contributed by atoms with Gasteiger partial charge in [0.15, 0.2) is 16.6 Å². The Labute approximate surface area is 160 Å². The largest absolute Gasteiger partial charge is 0.486 e. The van der Waals surface area contributed by atoms with Crippen molar-refractivity contribution in [2.75, 3.05) is 18.5 Å². The quantitative estimate of drug-likeness (QED) is 0.712. The van der Waals surface area contributed by atoms with Crippen LogP contribution in [0.1, 0.15) is 43.9 Å². The zero-order valence-corrected chi connectivity index (χ0v) is 16.2. The molecular weight excluding hydrogens is 344 g/mol. The normalized spacial score (nSPS) is 13.8. The van der Waals surface area contributed by atoms with Crippen molar-refractivity contribution in [1.82, 2.24) is 5.32 Å². The lowest BCUT2D eigenvalue weighted by Crippen LogP contribution is -2.31. The van der Waals surface area contributed by atoms with E-state index in [1.54, 1.807) is 0 Å². The number of hydrogen-bond donors (Lipinski definition) is 2. The van der Waals surface area contributed by atoms with Crippen LogP contribution in [0.25, 0.3) is 0 Å². The third-order valence-corrected chi connectivity index (χ3v) is 4.66. The molecule has 1 aliphatic rings. The Morgan fingerprint density at radius 2 is 1.81 bits per heavy atom. The number of anilines is 1. The van der Waals surface area contributed by atoms with E-state index < -0.39 is 0 Å². The van der Waals surface area contributed by atoms with Gasteiger partial charge in [-0.2, -0.15) is 0 Å². The van der Waals surface area contributed by atoms with Crippen LogP contribution in [0, 0.1) is 0 Å². The molecule has 0 saturated heterocycles. The summed E-state index contributed by atoms with van der Waals surface area (Å²) in [6, 6.07) is 14.5. The number of fused-ring (bicyclic) bond motifs is 1. The van der Waals surface area contributed by atoms with E-state index in [-0.39, 0.29) is 6.04 Å². The monoisotopic (exact) mass is 370 g/mol. The lowest BCUT2D eigenvalue weighted by Gasteiger charge is -2.22. The van der Waals surface area contributed by atoms with E-state index in [0.29, 0.717) is 18.3 Å². The summed E-state index contributed by atoms with van der Waals surface area (Å²) < 4.78 is 11.2. The summed E-state index contributed by atoms with van der Waals surface area (Å²) in [7, 11) is 0. The molecule has 4 nitrogen and oxygen atoms in total. The van der Waals surface area contributed by atoms with Crippen molar-refractivity contribution in [1.29, 1.82) is 0 Å². The first-order valence-electron chi connectivity index (χ1n) is 9.21. The average Bonchev–Trinajstić information content (AvgIpc) is 2.67. The molecule has 1 aliphatic heterocycles. The first-order valence-corrected chi connectivity index (χ1v) is 9.62. The van der Waals surface area contributed by atoms with Gasteiger partial charge in [-0.05, 0) is 67.4 Å². The topological polar surface area (TPSA) is 42.5 Å². The van der Waals surface area contributed by atoms with Gasteiger partial charge in [0.1, 0.15) is 13.2 Å². The molecule has 0 spiro atoms. The van der Waals surface area contributed by atoms with Crippen molar-refractivity contribution in [3.05, 3.63) is 53.6 Å². The maximum Gasteiger partial charge on any atom is 0.171 e. The predicted octanol–water partition coefficient (Wildman–Crippen LogP) is 4.85. The lowest BCUT2D eigenvalue weighted by atomic mass is 10.1. The highest BCUT2D eigenvalue weighted by Crippen LogP contribution is 2.32. The highest BCUT2D eigenvalue weighted by Gasteiger charge is 2.15. The van der Waals surface area contributed by atoms with Crippen LogP contribution < -0.4 is 20.1 Å². The van der Waals surface area contributed by atoms with Gasteiger partial charge in [0.05, 0.1) is 6.04 Å². The summed E-state index contributed by atoms with van der Waals surface area (Å²) in [5, 5.41) is 7.18. The van der Waals surface area contributed by atoms with Crippen molar-refractivity contribution >= 4 is 23.0 Å². The van der Waals surface area contributed by atoms with Gasteiger partial charge in [-0.15, -0.1) is 0 Å². The van der Waals surface area contributed by atoms with E-state index in [1.165, 1.54) is 18.4 Å². The standard InChI is InChI=1S/C21H26N2O2S/c1-3-4-5-16-6-9-18(10-7-16)23-21(26)22-15(2)17-8-11-19-20(14-17)25-13-12-24-19/h6-11,14-15H,3-5,12-13H2,1-2H3,(H2,22,23,26)/t15-/m1/s1. The van der Waals surface area contributed by atoms with Gasteiger partial charge in [0.2, 0.25) is 0 Å². The number of thiocarbonyl (C=S) groups is 1. The Morgan fingerprint density at radius 3 is 2.54 bits per heavy atom. The van der Waals surface area contributed by atoms with Gasteiger partial charge < -0.3 is 20.1 Å². The molecule has 2 N–H and O–H groups in total. The van der Waals surface area contributed by atoms with E-state index >= 15 is 0 Å². The van der Waals surface area contributed by atoms with E-state index in [0.717, 1.165) is 29.2 Å². The van der Waals surface area contributed by atoms with Crippen molar-refractivity contribution in [3.8, 4) is 11.5 Å². The maximum atomic E-state index is 5.65. The SMILES string of the molecule is CCCCc1ccc(NC(=S)N[C@H](C)c2ccc3c(c2)OCCO3)cc1. The number of rotatable bonds is 6. The molecule has 138 valence electrons. The Bertz CT molecular complexity index is 746. The zero-order valence-electron chi connectivity index (χ0n) is 15.4. The summed E-state index contributed by atoms with van der Waals surface area (Å²) in [6.07, 6.45) is 3.56. The molecule has 1 heterocycles. The molecule has 0 unspecified atom stereocenters. The second kappa shape index (κ2) is 8.90. The van der Waals surface area contributed by atoms with Crippen LogP contribution in [0.3, 0.4) is 0 Å². The van der Waals surface area contributed by atoms with Crippen LogP contribution in [0.5, 0.6) is 11.5 Å². The van der Waals surface area contributed by atoms with Gasteiger partial charge in [0.25, 0.3) is 0 Å². The molecule has 5 heteroatoms. The van der Waals surface area contributed by atoms with Crippen molar-refractivity contribution in [2.24, 2.45) is 0 Å². The Morgan fingerprint density at radius 1 is 1.08 bits per heavy atom. The summed E-state index contributed by atoms with van der Waals surface area (Å²) in [5.74, 6) is 1.60. The molecule has 26 heavy (non-hydrogen) atoms. The van der Waals surface area contributed by atoms with Crippen LogP contribution in [0.2, 0.25) is 0 Å². The molecule has 1 atom stereocenters. The fourth-order valence-electron chi connectivity index (χ4n) is 2.91. The first kappa shape index (κ1) is 18.5. The van der Waals surface area contributed by atoms with Crippen LogP contribution in [0.15, 0.2) is 42.5 Å². The minimum Gasteiger partial charge on any atom is -0.486 e. The van der Waals surface area contributed by atoms with E-state index in [2.05, 4.69) is 48.7 Å². The molecular formula is C21H26N2O2S. The number of unbranched alkanes of at least 4 members (excludes halogenated alkanes) is 1. The maximum absolute atomic E-state index is 5.65. The summed E-state index contributed by atoms with van der Waals surface area (Å²) in [6.45, 7) is 5.48. The Kier molecular flexibility index (Phi) is 6.34. The van der Waals surface area contributed by atoms with Crippen molar-refractivity contribution in [2.45, 2.75) is 39.2 Å². The van der Waals surface area contributed by atoms with Crippen molar-refractivity contribution < 1.29 is 9.47 Å². The number of ether oxygens (including phenoxy) is 2. The lowest BCUT2D eigenvalue weighted by molar-refractivity contribution is 0.171. The second-order valence-electron chi connectivity index (χ2n) is 6.52. The highest BCUT2D eigenvalue weighted by atomic mass is 32.1. The predicted molar refractivity (Wildman–Crippen MR) is 110 cm³/mol. The molecule has 2 aromatic rings. The van der Waals surface area contributed by atoms with Gasteiger partial charge >= 0.3 is 0 Å². The van der Waals surface area contributed by atoms with Gasteiger partial charge in [-0.3, -0.25) is 0 Å². The van der Waals surface area contributed by atoms with Crippen LogP contribution in [0.4, 0.5) is 5.69 Å². The van der Waals surface area contributed by atoms with Crippen LogP contribution in [-0.4, -0.2) is 18.3 Å². The van der Waals surface area contributed by atoms with E-state index in [9.17, 15) is 0 Å². The van der Waals surface area contributed by atoms with E-state index in [1.807, 2.05) is 18.2 Å². The molecule has 0 aromatic heterocycles. The molecule has 0 aliphatic carbocycles. The number of benzene rings is 2. The van der Waals surface area contributed by atoms with Gasteiger partial charge in [-0.1, -0.05) is 31.5 Å². The smallest absolute Gasteiger partial charge is 0.171 e. The summed E-state index contributed by atoms with van der Waals surface area (Å²) in [4.78, 5) is 0. The number of aryl methyl sites for hydroxylation is 1. The third kappa shape index (κ3) is 4.88. The van der Waals surface area contributed by atoms with Crippen LogP contribution >= 0.6 is 12.2 Å². The summed E-state index contributed by atoms with van der Waals surface area (Å²) >= 11 is 5.46. The zero-order chi connectivity index (χ0) is 18.4. The molecule has 2 aromatic carbocycles. The molecule has 0 fully saturated rings. The molecule has 0 saturated carbocycles. The minimum absolute atomic E-state index is 0.0645. The Balaban J connectivity index is 1.55. The molecule has 0 radical (unpaired) electrons.